The Morgan fingerprint density at radius 3 is 2.62 bits per heavy atom. The van der Waals surface area contributed by atoms with Gasteiger partial charge in [-0.25, -0.2) is 0 Å². The lowest BCUT2D eigenvalue weighted by Gasteiger charge is -2.19. The number of carbonyl (C=O) groups excluding carboxylic acids is 2. The monoisotopic (exact) mass is 293 g/mol. The highest BCUT2D eigenvalue weighted by Crippen LogP contribution is 2.22. The van der Waals surface area contributed by atoms with Crippen LogP contribution in [0.5, 0.6) is 5.75 Å². The van der Waals surface area contributed by atoms with Crippen molar-refractivity contribution in [3.05, 3.63) is 23.8 Å². The van der Waals surface area contributed by atoms with E-state index in [9.17, 15) is 9.59 Å². The summed E-state index contributed by atoms with van der Waals surface area (Å²) in [6.45, 7) is 4.61. The fraction of sp³-hybridized carbons (Fsp3) is 0.467. The molecule has 0 spiro atoms. The highest BCUT2D eigenvalue weighted by Gasteiger charge is 2.18. The second kappa shape index (κ2) is 7.52. The molecular formula is C15H23N3O3. The number of likely N-dealkylation sites (N-methyl/N-ethyl adjacent to an activating group) is 1. The van der Waals surface area contributed by atoms with Gasteiger partial charge in [-0.15, -0.1) is 0 Å². The van der Waals surface area contributed by atoms with Crippen molar-refractivity contribution in [2.24, 2.45) is 5.92 Å². The van der Waals surface area contributed by atoms with Gasteiger partial charge in [0.25, 0.3) is 5.91 Å². The summed E-state index contributed by atoms with van der Waals surface area (Å²) < 4.78 is 5.15. The predicted octanol–water partition coefficient (Wildman–Crippen LogP) is 1.12. The summed E-state index contributed by atoms with van der Waals surface area (Å²) in [6.07, 6.45) is 0. The summed E-state index contributed by atoms with van der Waals surface area (Å²) in [4.78, 5) is 25.4. The Balaban J connectivity index is 2.72. The van der Waals surface area contributed by atoms with Crippen molar-refractivity contribution in [2.75, 3.05) is 33.0 Å². The number of hydrogen-bond donors (Lipinski definition) is 2. The molecule has 3 N–H and O–H groups in total. The standard InChI is InChI=1S/C15H23N3O3/c1-10(2)8-17-14(19)9-18(3)15(20)12-6-5-11(16)7-13(12)21-4/h5-7,10H,8-9,16H2,1-4H3,(H,17,19). The Hall–Kier alpha value is -2.24. The van der Waals surface area contributed by atoms with Crippen LogP contribution in [0.4, 0.5) is 5.69 Å². The van der Waals surface area contributed by atoms with Gasteiger partial charge in [0.1, 0.15) is 5.75 Å². The normalized spacial score (nSPS) is 10.3. The first kappa shape index (κ1) is 16.8. The van der Waals surface area contributed by atoms with Crippen LogP contribution in [-0.4, -0.2) is 44.0 Å². The van der Waals surface area contributed by atoms with Gasteiger partial charge < -0.3 is 20.7 Å². The first-order chi connectivity index (χ1) is 9.85. The molecule has 0 saturated carbocycles. The van der Waals surface area contributed by atoms with Crippen molar-refractivity contribution in [3.8, 4) is 5.75 Å². The van der Waals surface area contributed by atoms with Gasteiger partial charge in [-0.1, -0.05) is 13.8 Å². The van der Waals surface area contributed by atoms with Crippen molar-refractivity contribution in [1.82, 2.24) is 10.2 Å². The SMILES string of the molecule is COc1cc(N)ccc1C(=O)N(C)CC(=O)NCC(C)C. The van der Waals surface area contributed by atoms with Gasteiger partial charge >= 0.3 is 0 Å². The molecule has 0 aromatic heterocycles. The quantitative estimate of drug-likeness (QED) is 0.770. The van der Waals surface area contributed by atoms with E-state index >= 15 is 0 Å². The first-order valence-electron chi connectivity index (χ1n) is 6.80. The van der Waals surface area contributed by atoms with Crippen LogP contribution in [0.3, 0.4) is 0 Å². The fourth-order valence-corrected chi connectivity index (χ4v) is 1.75. The number of anilines is 1. The summed E-state index contributed by atoms with van der Waals surface area (Å²) in [7, 11) is 3.05. The number of amides is 2. The number of benzene rings is 1. The van der Waals surface area contributed by atoms with Crippen molar-refractivity contribution >= 4 is 17.5 Å². The molecule has 0 radical (unpaired) electrons. The minimum Gasteiger partial charge on any atom is -0.496 e. The van der Waals surface area contributed by atoms with Crippen LogP contribution in [0.1, 0.15) is 24.2 Å². The third-order valence-corrected chi connectivity index (χ3v) is 2.89. The molecule has 0 aliphatic carbocycles. The van der Waals surface area contributed by atoms with E-state index in [2.05, 4.69) is 5.32 Å². The lowest BCUT2D eigenvalue weighted by molar-refractivity contribution is -0.121. The van der Waals surface area contributed by atoms with Crippen LogP contribution in [-0.2, 0) is 4.79 Å². The summed E-state index contributed by atoms with van der Waals surface area (Å²) in [6, 6.07) is 4.81. The number of hydrogen-bond acceptors (Lipinski definition) is 4. The van der Waals surface area contributed by atoms with Crippen LogP contribution in [0.25, 0.3) is 0 Å². The van der Waals surface area contributed by atoms with Crippen LogP contribution < -0.4 is 15.8 Å². The van der Waals surface area contributed by atoms with E-state index in [0.717, 1.165) is 0 Å². The maximum atomic E-state index is 12.3. The zero-order chi connectivity index (χ0) is 16.0. The molecule has 0 atom stereocenters. The summed E-state index contributed by atoms with van der Waals surface area (Å²) >= 11 is 0. The number of methoxy groups -OCH3 is 1. The van der Waals surface area contributed by atoms with Crippen LogP contribution >= 0.6 is 0 Å². The zero-order valence-electron chi connectivity index (χ0n) is 13.0. The second-order valence-electron chi connectivity index (χ2n) is 5.32. The van der Waals surface area contributed by atoms with Gasteiger partial charge in [0, 0.05) is 25.3 Å². The maximum absolute atomic E-state index is 12.3. The molecule has 6 nitrogen and oxygen atoms in total. The summed E-state index contributed by atoms with van der Waals surface area (Å²) in [5.74, 6) is 0.294. The zero-order valence-corrected chi connectivity index (χ0v) is 13.0. The number of nitrogens with zero attached hydrogens (tertiary/aromatic N) is 1. The van der Waals surface area contributed by atoms with E-state index in [-0.39, 0.29) is 18.4 Å². The number of carbonyl (C=O) groups is 2. The molecule has 1 aromatic rings. The third-order valence-electron chi connectivity index (χ3n) is 2.89. The predicted molar refractivity (Wildman–Crippen MR) is 82.2 cm³/mol. The van der Waals surface area contributed by atoms with Gasteiger partial charge in [-0.3, -0.25) is 9.59 Å². The second-order valence-corrected chi connectivity index (χ2v) is 5.32. The lowest BCUT2D eigenvalue weighted by Crippen LogP contribution is -2.39. The largest absolute Gasteiger partial charge is 0.496 e. The number of rotatable bonds is 6. The van der Waals surface area contributed by atoms with Crippen LogP contribution in [0, 0.1) is 5.92 Å². The molecule has 0 unspecified atom stereocenters. The number of nitrogen functional groups attached to an aromatic ring is 1. The van der Waals surface area contributed by atoms with E-state index in [1.165, 1.54) is 12.0 Å². The van der Waals surface area contributed by atoms with Gasteiger partial charge in [0.15, 0.2) is 0 Å². The number of nitrogens with two attached hydrogens (primary N) is 1. The highest BCUT2D eigenvalue weighted by molar-refractivity contribution is 5.99. The summed E-state index contributed by atoms with van der Waals surface area (Å²) in [5.41, 5.74) is 6.55. The van der Waals surface area contributed by atoms with Gasteiger partial charge in [-0.2, -0.15) is 0 Å². The molecule has 0 saturated heterocycles. The molecule has 0 fully saturated rings. The van der Waals surface area contributed by atoms with Crippen molar-refractivity contribution in [1.29, 1.82) is 0 Å². The molecule has 6 heteroatoms. The van der Waals surface area contributed by atoms with Crippen molar-refractivity contribution < 1.29 is 14.3 Å². The van der Waals surface area contributed by atoms with Crippen LogP contribution in [0.15, 0.2) is 18.2 Å². The van der Waals surface area contributed by atoms with Gasteiger partial charge in [-0.05, 0) is 18.1 Å². The molecule has 2 amide bonds. The molecule has 1 rings (SSSR count). The Labute approximate surface area is 125 Å². The molecule has 0 heterocycles. The Bertz CT molecular complexity index is 515. The molecule has 1 aromatic carbocycles. The number of ether oxygens (including phenoxy) is 1. The van der Waals surface area contributed by atoms with E-state index in [4.69, 9.17) is 10.5 Å². The van der Waals surface area contributed by atoms with Crippen molar-refractivity contribution in [2.45, 2.75) is 13.8 Å². The van der Waals surface area contributed by atoms with Gasteiger partial charge in [0.2, 0.25) is 5.91 Å². The van der Waals surface area contributed by atoms with Crippen LogP contribution in [0.2, 0.25) is 0 Å². The average Bonchev–Trinajstić information content (AvgIpc) is 2.44. The van der Waals surface area contributed by atoms with Gasteiger partial charge in [0.05, 0.1) is 19.2 Å². The minimum atomic E-state index is -0.286. The molecule has 116 valence electrons. The smallest absolute Gasteiger partial charge is 0.257 e. The molecular weight excluding hydrogens is 270 g/mol. The lowest BCUT2D eigenvalue weighted by atomic mass is 10.1. The molecule has 0 aliphatic rings. The molecule has 0 aliphatic heterocycles. The van der Waals surface area contributed by atoms with E-state index in [1.54, 1.807) is 25.2 Å². The Morgan fingerprint density at radius 2 is 2.05 bits per heavy atom. The van der Waals surface area contributed by atoms with E-state index in [1.807, 2.05) is 13.8 Å². The first-order valence-corrected chi connectivity index (χ1v) is 6.80. The van der Waals surface area contributed by atoms with Crippen molar-refractivity contribution in [3.63, 3.8) is 0 Å². The third kappa shape index (κ3) is 4.98. The molecule has 21 heavy (non-hydrogen) atoms. The summed E-state index contributed by atoms with van der Waals surface area (Å²) in [5, 5.41) is 2.77. The fourth-order valence-electron chi connectivity index (χ4n) is 1.75. The Morgan fingerprint density at radius 1 is 1.38 bits per heavy atom. The Kier molecular flexibility index (Phi) is 6.02. The van der Waals surface area contributed by atoms with E-state index in [0.29, 0.717) is 29.5 Å². The maximum Gasteiger partial charge on any atom is 0.257 e. The minimum absolute atomic E-state index is 0.000909. The average molecular weight is 293 g/mol. The van der Waals surface area contributed by atoms with E-state index < -0.39 is 0 Å². The highest BCUT2D eigenvalue weighted by atomic mass is 16.5. The number of nitrogens with one attached hydrogen (secondary N) is 1. The molecule has 0 bridgehead atoms. The topological polar surface area (TPSA) is 84.7 Å².